The van der Waals surface area contributed by atoms with Crippen molar-refractivity contribution in [3.63, 3.8) is 0 Å². The molecule has 23 heavy (non-hydrogen) atoms. The number of nitrogens with one attached hydrogen (secondary N) is 2. The van der Waals surface area contributed by atoms with Crippen LogP contribution in [0.4, 0.5) is 0 Å². The van der Waals surface area contributed by atoms with E-state index in [1.807, 2.05) is 6.07 Å². The topological polar surface area (TPSA) is 119 Å². The molecule has 2 N–H and O–H groups in total. The number of nitriles is 1. The van der Waals surface area contributed by atoms with Crippen LogP contribution in [-0.4, -0.2) is 9.97 Å². The average Bonchev–Trinajstić information content (AvgIpc) is 2.46. The molecule has 2 aromatic rings. The van der Waals surface area contributed by atoms with Gasteiger partial charge in [-0.15, -0.1) is 4.91 Å². The van der Waals surface area contributed by atoms with E-state index in [0.29, 0.717) is 16.7 Å². The second-order valence-electron chi connectivity index (χ2n) is 5.64. The summed E-state index contributed by atoms with van der Waals surface area (Å²) in [5.74, 6) is -0.213. The minimum atomic E-state index is -1.06. The van der Waals surface area contributed by atoms with Crippen LogP contribution < -0.4 is 11.2 Å². The Hall–Kier alpha value is -3.01. The van der Waals surface area contributed by atoms with Gasteiger partial charge in [0.25, 0.3) is 5.56 Å². The van der Waals surface area contributed by atoms with E-state index in [2.05, 4.69) is 15.1 Å². The van der Waals surface area contributed by atoms with Gasteiger partial charge in [-0.25, -0.2) is 4.79 Å². The van der Waals surface area contributed by atoms with Crippen LogP contribution >= 0.6 is 0 Å². The molecule has 0 amide bonds. The smallest absolute Gasteiger partial charge is 0.308 e. The van der Waals surface area contributed by atoms with Crippen LogP contribution in [0.1, 0.15) is 53.8 Å². The molecule has 0 fully saturated rings. The highest BCUT2D eigenvalue weighted by atomic mass is 16.3. The predicted molar refractivity (Wildman–Crippen MR) is 85.3 cm³/mol. The summed E-state index contributed by atoms with van der Waals surface area (Å²) < 4.78 is 0. The first-order valence-corrected chi connectivity index (χ1v) is 7.08. The van der Waals surface area contributed by atoms with Gasteiger partial charge in [-0.3, -0.25) is 9.78 Å². The van der Waals surface area contributed by atoms with E-state index in [1.165, 1.54) is 6.07 Å². The lowest BCUT2D eigenvalue weighted by atomic mass is 9.93. The zero-order valence-corrected chi connectivity index (χ0v) is 13.0. The minimum absolute atomic E-state index is 0.165. The first-order valence-electron chi connectivity index (χ1n) is 7.08. The van der Waals surface area contributed by atoms with Crippen LogP contribution in [0.2, 0.25) is 0 Å². The van der Waals surface area contributed by atoms with Crippen molar-refractivity contribution in [3.05, 3.63) is 71.9 Å². The fraction of sp³-hybridized carbons (Fsp3) is 0.312. The maximum Gasteiger partial charge on any atom is 0.325 e. The molecule has 1 heterocycles. The van der Waals surface area contributed by atoms with Gasteiger partial charge >= 0.3 is 5.69 Å². The van der Waals surface area contributed by atoms with Crippen molar-refractivity contribution in [2.24, 2.45) is 5.18 Å². The summed E-state index contributed by atoms with van der Waals surface area (Å²) in [7, 11) is 0. The van der Waals surface area contributed by atoms with Crippen molar-refractivity contribution >= 4 is 0 Å². The quantitative estimate of drug-likeness (QED) is 0.841. The molecule has 7 nitrogen and oxygen atoms in total. The van der Waals surface area contributed by atoms with E-state index >= 15 is 0 Å². The van der Waals surface area contributed by atoms with Gasteiger partial charge in [0.15, 0.2) is 6.04 Å². The summed E-state index contributed by atoms with van der Waals surface area (Å²) >= 11 is 0. The van der Waals surface area contributed by atoms with Gasteiger partial charge < -0.3 is 4.98 Å². The Labute approximate surface area is 132 Å². The number of nitrogens with zero attached hydrogens (tertiary/aromatic N) is 2. The predicted octanol–water partition coefficient (Wildman–Crippen LogP) is 2.22. The number of benzene rings is 1. The third kappa shape index (κ3) is 3.26. The van der Waals surface area contributed by atoms with Crippen LogP contribution in [0.25, 0.3) is 0 Å². The van der Waals surface area contributed by atoms with E-state index in [0.717, 1.165) is 5.56 Å². The zero-order valence-electron chi connectivity index (χ0n) is 13.0. The molecule has 118 valence electrons. The van der Waals surface area contributed by atoms with Crippen LogP contribution in [0.3, 0.4) is 0 Å². The van der Waals surface area contributed by atoms with E-state index in [-0.39, 0.29) is 11.6 Å². The number of hydrogen-bond acceptors (Lipinski definition) is 5. The summed E-state index contributed by atoms with van der Waals surface area (Å²) in [6.45, 7) is 5.35. The molecule has 1 aromatic heterocycles. The number of nitroso groups, excluding NO2 is 1. The lowest BCUT2D eigenvalue weighted by Gasteiger charge is -2.16. The standard InChI is InChI=1S/C16H16N4O3/c1-8(2)12-14(18-16(22)19-15(12)21)13(20-23)11-5-9(3)4-10(6-11)7-17/h4-6,8,13H,1-3H3,(H2,18,19,21,22). The van der Waals surface area contributed by atoms with Crippen molar-refractivity contribution < 1.29 is 0 Å². The summed E-state index contributed by atoms with van der Waals surface area (Å²) in [5.41, 5.74) is 0.849. The summed E-state index contributed by atoms with van der Waals surface area (Å²) in [4.78, 5) is 39.8. The largest absolute Gasteiger partial charge is 0.325 e. The molecule has 0 spiro atoms. The second kappa shape index (κ2) is 6.40. The van der Waals surface area contributed by atoms with Gasteiger partial charge in [0.1, 0.15) is 0 Å². The lowest BCUT2D eigenvalue weighted by molar-refractivity contribution is 0.727. The van der Waals surface area contributed by atoms with E-state index in [4.69, 9.17) is 5.26 Å². The first-order chi connectivity index (χ1) is 10.9. The number of rotatable bonds is 4. The zero-order chi connectivity index (χ0) is 17.1. The Morgan fingerprint density at radius 3 is 2.43 bits per heavy atom. The number of aromatic amines is 2. The van der Waals surface area contributed by atoms with Gasteiger partial charge in [0.05, 0.1) is 17.3 Å². The minimum Gasteiger partial charge on any atom is -0.308 e. The van der Waals surface area contributed by atoms with Crippen molar-refractivity contribution in [3.8, 4) is 6.07 Å². The molecule has 0 aliphatic rings. The molecule has 0 saturated heterocycles. The van der Waals surface area contributed by atoms with Gasteiger partial charge in [0, 0.05) is 5.56 Å². The highest BCUT2D eigenvalue weighted by Gasteiger charge is 2.24. The maximum absolute atomic E-state index is 12.1. The van der Waals surface area contributed by atoms with E-state index < -0.39 is 17.3 Å². The lowest BCUT2D eigenvalue weighted by Crippen LogP contribution is -2.30. The molecular weight excluding hydrogens is 296 g/mol. The van der Waals surface area contributed by atoms with Crippen molar-refractivity contribution in [2.75, 3.05) is 0 Å². The van der Waals surface area contributed by atoms with Crippen molar-refractivity contribution in [1.82, 2.24) is 9.97 Å². The molecule has 1 atom stereocenters. The summed E-state index contributed by atoms with van der Waals surface area (Å²) in [6, 6.07) is 5.87. The molecule has 0 aliphatic heterocycles. The number of hydrogen-bond donors (Lipinski definition) is 2. The monoisotopic (exact) mass is 312 g/mol. The number of aryl methyl sites for hydroxylation is 1. The van der Waals surface area contributed by atoms with Gasteiger partial charge in [-0.2, -0.15) is 5.26 Å². The highest BCUT2D eigenvalue weighted by Crippen LogP contribution is 2.29. The first kappa shape index (κ1) is 16.4. The highest BCUT2D eigenvalue weighted by molar-refractivity contribution is 5.42. The Bertz CT molecular complexity index is 903. The van der Waals surface area contributed by atoms with E-state index in [9.17, 15) is 14.5 Å². The van der Waals surface area contributed by atoms with Crippen LogP contribution in [0, 0.1) is 23.2 Å². The van der Waals surface area contributed by atoms with Crippen molar-refractivity contribution in [2.45, 2.75) is 32.7 Å². The molecular formula is C16H16N4O3. The maximum atomic E-state index is 12.1. The normalized spacial score (nSPS) is 12.0. The second-order valence-corrected chi connectivity index (χ2v) is 5.64. The van der Waals surface area contributed by atoms with Crippen LogP contribution in [-0.2, 0) is 0 Å². The molecule has 2 rings (SSSR count). The Kier molecular flexibility index (Phi) is 4.55. The Balaban J connectivity index is 2.75. The number of H-pyrrole nitrogens is 2. The van der Waals surface area contributed by atoms with E-state index in [1.54, 1.807) is 32.9 Å². The molecule has 0 saturated carbocycles. The summed E-state index contributed by atoms with van der Waals surface area (Å²) in [5, 5.41) is 12.2. The summed E-state index contributed by atoms with van der Waals surface area (Å²) in [6.07, 6.45) is 0. The number of aromatic nitrogens is 2. The molecule has 1 aromatic carbocycles. The van der Waals surface area contributed by atoms with Gasteiger partial charge in [-0.1, -0.05) is 25.1 Å². The third-order valence-corrected chi connectivity index (χ3v) is 3.51. The van der Waals surface area contributed by atoms with Crippen molar-refractivity contribution in [1.29, 1.82) is 5.26 Å². The molecule has 1 unspecified atom stereocenters. The SMILES string of the molecule is Cc1cc(C#N)cc(C(N=O)c2[nH]c(=O)[nH]c(=O)c2C(C)C)c1. The average molecular weight is 312 g/mol. The molecule has 7 heteroatoms. The fourth-order valence-electron chi connectivity index (χ4n) is 2.62. The van der Waals surface area contributed by atoms with Gasteiger partial charge in [0.2, 0.25) is 0 Å². The Morgan fingerprint density at radius 2 is 1.87 bits per heavy atom. The van der Waals surface area contributed by atoms with Crippen LogP contribution in [0.5, 0.6) is 0 Å². The molecule has 0 bridgehead atoms. The molecule has 0 radical (unpaired) electrons. The molecule has 0 aliphatic carbocycles. The van der Waals surface area contributed by atoms with Crippen LogP contribution in [0.15, 0.2) is 33.0 Å². The Morgan fingerprint density at radius 1 is 1.17 bits per heavy atom. The third-order valence-electron chi connectivity index (χ3n) is 3.51. The fourth-order valence-corrected chi connectivity index (χ4v) is 2.62. The van der Waals surface area contributed by atoms with Gasteiger partial charge in [-0.05, 0) is 36.1 Å².